The number of thioether (sulfide) groups is 1. The van der Waals surface area contributed by atoms with Crippen molar-refractivity contribution in [1.82, 2.24) is 5.32 Å². The number of rotatable bonds is 4. The Kier molecular flexibility index (Phi) is 4.53. The smallest absolute Gasteiger partial charge is 0.323 e. The molecule has 4 nitrogen and oxygen atoms in total. The van der Waals surface area contributed by atoms with E-state index in [0.29, 0.717) is 5.92 Å². The van der Waals surface area contributed by atoms with Gasteiger partial charge in [0, 0.05) is 4.75 Å². The molecular weight excluding hydrogens is 245 g/mol. The Bertz CT molecular complexity index is 296. The maximum absolute atomic E-state index is 12.1. The Labute approximate surface area is 102 Å². The molecule has 1 heterocycles. The number of hydrogen-bond donors (Lipinski definition) is 2. The van der Waals surface area contributed by atoms with Crippen LogP contribution in [0.4, 0.5) is 0 Å². The van der Waals surface area contributed by atoms with Gasteiger partial charge in [-0.15, -0.1) is 11.8 Å². The molecule has 0 radical (unpaired) electrons. The average molecular weight is 267 g/mol. The SMILES string of the molecule is CCOP(=O)(O)C1NC(C(C)C)SC1(C)C. The molecule has 96 valence electrons. The van der Waals surface area contributed by atoms with E-state index in [1.807, 2.05) is 13.8 Å². The lowest BCUT2D eigenvalue weighted by atomic mass is 10.2. The van der Waals surface area contributed by atoms with E-state index in [4.69, 9.17) is 4.52 Å². The van der Waals surface area contributed by atoms with Crippen LogP contribution in [0.5, 0.6) is 0 Å². The maximum atomic E-state index is 12.1. The predicted molar refractivity (Wildman–Crippen MR) is 68.7 cm³/mol. The van der Waals surface area contributed by atoms with Gasteiger partial charge < -0.3 is 9.42 Å². The van der Waals surface area contributed by atoms with E-state index in [1.165, 1.54) is 0 Å². The van der Waals surface area contributed by atoms with Crippen molar-refractivity contribution < 1.29 is 14.0 Å². The summed E-state index contributed by atoms with van der Waals surface area (Å²) in [7, 11) is -3.57. The molecule has 3 atom stereocenters. The van der Waals surface area contributed by atoms with Crippen LogP contribution in [-0.2, 0) is 9.09 Å². The normalized spacial score (nSPS) is 32.9. The van der Waals surface area contributed by atoms with Crippen LogP contribution in [0.25, 0.3) is 0 Å². The molecule has 0 aliphatic carbocycles. The molecule has 1 saturated heterocycles. The molecule has 1 fully saturated rings. The minimum atomic E-state index is -3.57. The summed E-state index contributed by atoms with van der Waals surface area (Å²) in [6.45, 7) is 10.2. The summed E-state index contributed by atoms with van der Waals surface area (Å²) in [4.78, 5) is 9.91. The third kappa shape index (κ3) is 3.02. The average Bonchev–Trinajstić information content (AvgIpc) is 2.41. The summed E-state index contributed by atoms with van der Waals surface area (Å²) in [6, 6.07) is 0. The van der Waals surface area contributed by atoms with Crippen molar-refractivity contribution >= 4 is 19.4 Å². The van der Waals surface area contributed by atoms with Crippen LogP contribution in [-0.4, -0.2) is 27.4 Å². The second-order valence-electron chi connectivity index (χ2n) is 4.94. The van der Waals surface area contributed by atoms with Gasteiger partial charge in [0.15, 0.2) is 0 Å². The lowest BCUT2D eigenvalue weighted by Gasteiger charge is -2.28. The molecule has 0 aromatic carbocycles. The molecule has 16 heavy (non-hydrogen) atoms. The Balaban J connectivity index is 2.85. The molecule has 1 aliphatic heterocycles. The predicted octanol–water partition coefficient (Wildman–Crippen LogP) is 2.63. The van der Waals surface area contributed by atoms with E-state index in [1.54, 1.807) is 18.7 Å². The van der Waals surface area contributed by atoms with Gasteiger partial charge in [0.2, 0.25) is 0 Å². The largest absolute Gasteiger partial charge is 0.346 e. The van der Waals surface area contributed by atoms with Gasteiger partial charge in [0.05, 0.1) is 12.0 Å². The first-order valence-electron chi connectivity index (χ1n) is 5.61. The van der Waals surface area contributed by atoms with Gasteiger partial charge in [0.1, 0.15) is 5.78 Å². The van der Waals surface area contributed by atoms with Crippen LogP contribution in [0, 0.1) is 5.92 Å². The van der Waals surface area contributed by atoms with Crippen LogP contribution in [0.15, 0.2) is 0 Å². The van der Waals surface area contributed by atoms with Gasteiger partial charge in [-0.1, -0.05) is 13.8 Å². The summed E-state index contributed by atoms with van der Waals surface area (Å²) in [6.07, 6.45) is 0. The zero-order valence-electron chi connectivity index (χ0n) is 10.6. The fraction of sp³-hybridized carbons (Fsp3) is 1.00. The lowest BCUT2D eigenvalue weighted by molar-refractivity contribution is 0.252. The molecule has 1 rings (SSSR count). The minimum Gasteiger partial charge on any atom is -0.323 e. The Morgan fingerprint density at radius 2 is 2.12 bits per heavy atom. The van der Waals surface area contributed by atoms with Crippen LogP contribution in [0.2, 0.25) is 0 Å². The second kappa shape index (κ2) is 4.99. The standard InChI is InChI=1S/C10H22NO3PS/c1-6-14-15(12,13)9-10(4,5)16-8(11-9)7(2)3/h7-9,11H,6H2,1-5H3,(H,12,13). The molecule has 6 heteroatoms. The first-order chi connectivity index (χ1) is 7.20. The van der Waals surface area contributed by atoms with Gasteiger partial charge in [-0.3, -0.25) is 9.88 Å². The molecule has 0 saturated carbocycles. The summed E-state index contributed by atoms with van der Waals surface area (Å²) in [5.41, 5.74) is 0. The Morgan fingerprint density at radius 3 is 2.50 bits per heavy atom. The van der Waals surface area contributed by atoms with Crippen molar-refractivity contribution in [3.05, 3.63) is 0 Å². The molecule has 3 unspecified atom stereocenters. The minimum absolute atomic E-state index is 0.209. The quantitative estimate of drug-likeness (QED) is 0.767. The number of nitrogens with one attached hydrogen (secondary N) is 1. The molecule has 0 spiro atoms. The zero-order valence-corrected chi connectivity index (χ0v) is 12.3. The monoisotopic (exact) mass is 267 g/mol. The summed E-state index contributed by atoms with van der Waals surface area (Å²) >= 11 is 1.71. The highest BCUT2D eigenvalue weighted by Crippen LogP contribution is 2.58. The van der Waals surface area contributed by atoms with E-state index < -0.39 is 13.4 Å². The Hall–Kier alpha value is 0.460. The van der Waals surface area contributed by atoms with Gasteiger partial charge in [0.25, 0.3) is 0 Å². The third-order valence-electron chi connectivity index (χ3n) is 2.66. The maximum Gasteiger partial charge on any atom is 0.346 e. The fourth-order valence-corrected chi connectivity index (χ4v) is 5.52. The van der Waals surface area contributed by atoms with Gasteiger partial charge in [-0.25, -0.2) is 0 Å². The highest BCUT2D eigenvalue weighted by molar-refractivity contribution is 8.01. The van der Waals surface area contributed by atoms with E-state index in [-0.39, 0.29) is 16.7 Å². The molecule has 0 amide bonds. The van der Waals surface area contributed by atoms with Gasteiger partial charge in [-0.05, 0) is 26.7 Å². The van der Waals surface area contributed by atoms with Crippen LogP contribution < -0.4 is 5.32 Å². The zero-order chi connectivity index (χ0) is 12.6. The van der Waals surface area contributed by atoms with Crippen molar-refractivity contribution in [2.45, 2.75) is 50.5 Å². The second-order valence-corrected chi connectivity index (χ2v) is 8.64. The topological polar surface area (TPSA) is 58.6 Å². The molecule has 0 bridgehead atoms. The van der Waals surface area contributed by atoms with Crippen LogP contribution in [0.1, 0.15) is 34.6 Å². The molecule has 2 N–H and O–H groups in total. The van der Waals surface area contributed by atoms with Gasteiger partial charge in [-0.2, -0.15) is 0 Å². The molecular formula is C10H22NO3PS. The first kappa shape index (κ1) is 14.5. The van der Waals surface area contributed by atoms with Crippen molar-refractivity contribution in [3.8, 4) is 0 Å². The van der Waals surface area contributed by atoms with Crippen LogP contribution in [0.3, 0.4) is 0 Å². The van der Waals surface area contributed by atoms with Crippen molar-refractivity contribution in [1.29, 1.82) is 0 Å². The lowest BCUT2D eigenvalue weighted by Crippen LogP contribution is -2.39. The van der Waals surface area contributed by atoms with E-state index in [2.05, 4.69) is 19.2 Å². The van der Waals surface area contributed by atoms with Gasteiger partial charge >= 0.3 is 7.60 Å². The van der Waals surface area contributed by atoms with E-state index in [9.17, 15) is 9.46 Å². The van der Waals surface area contributed by atoms with E-state index >= 15 is 0 Å². The fourth-order valence-electron chi connectivity index (χ4n) is 1.86. The molecule has 0 aromatic rings. The van der Waals surface area contributed by atoms with Crippen LogP contribution >= 0.6 is 19.4 Å². The van der Waals surface area contributed by atoms with Crippen molar-refractivity contribution in [2.75, 3.05) is 6.61 Å². The summed E-state index contributed by atoms with van der Waals surface area (Å²) in [5.74, 6) is -0.0618. The molecule has 1 aliphatic rings. The highest BCUT2D eigenvalue weighted by Gasteiger charge is 2.51. The third-order valence-corrected chi connectivity index (χ3v) is 6.68. The van der Waals surface area contributed by atoms with Crippen molar-refractivity contribution in [3.63, 3.8) is 0 Å². The number of hydrogen-bond acceptors (Lipinski definition) is 4. The highest BCUT2D eigenvalue weighted by atomic mass is 32.2. The van der Waals surface area contributed by atoms with E-state index in [0.717, 1.165) is 0 Å². The first-order valence-corrected chi connectivity index (χ1v) is 8.14. The summed E-state index contributed by atoms with van der Waals surface area (Å²) in [5, 5.41) is 3.44. The molecule has 0 aromatic heterocycles. The summed E-state index contributed by atoms with van der Waals surface area (Å²) < 4.78 is 16.8. The Morgan fingerprint density at radius 1 is 1.56 bits per heavy atom. The van der Waals surface area contributed by atoms with Crippen molar-refractivity contribution in [2.24, 2.45) is 5.92 Å².